The van der Waals surface area contributed by atoms with E-state index in [2.05, 4.69) is 25.8 Å². The van der Waals surface area contributed by atoms with Crippen molar-refractivity contribution in [2.24, 2.45) is 0 Å². The van der Waals surface area contributed by atoms with E-state index in [0.29, 0.717) is 27.5 Å². The van der Waals surface area contributed by atoms with E-state index in [9.17, 15) is 14.0 Å². The van der Waals surface area contributed by atoms with E-state index in [1.165, 1.54) is 35.2 Å². The van der Waals surface area contributed by atoms with Gasteiger partial charge in [-0.05, 0) is 54.1 Å². The van der Waals surface area contributed by atoms with Crippen LogP contribution in [0.1, 0.15) is 11.4 Å². The van der Waals surface area contributed by atoms with Crippen LogP contribution in [0.5, 0.6) is 5.75 Å². The molecule has 2 heterocycles. The van der Waals surface area contributed by atoms with Crippen molar-refractivity contribution in [1.82, 2.24) is 25.1 Å². The number of carbonyl (C=O) groups is 2. The van der Waals surface area contributed by atoms with Crippen molar-refractivity contribution < 1.29 is 18.7 Å². The van der Waals surface area contributed by atoms with Crippen LogP contribution in [0.2, 0.25) is 0 Å². The molecule has 0 spiro atoms. The first-order valence-corrected chi connectivity index (χ1v) is 13.7. The van der Waals surface area contributed by atoms with Crippen molar-refractivity contribution in [3.05, 3.63) is 90.0 Å². The molecule has 0 fully saturated rings. The minimum atomic E-state index is -0.384. The number of amides is 2. The number of methoxy groups -OCH3 is 1. The molecule has 2 aromatic heterocycles. The minimum absolute atomic E-state index is 0.0546. The molecule has 0 bridgehead atoms. The van der Waals surface area contributed by atoms with E-state index in [1.54, 1.807) is 35.9 Å². The van der Waals surface area contributed by atoms with Crippen LogP contribution in [0.3, 0.4) is 0 Å². The number of ether oxygens (including phenoxy) is 1. The van der Waals surface area contributed by atoms with Crippen LogP contribution in [0.25, 0.3) is 15.9 Å². The lowest BCUT2D eigenvalue weighted by Gasteiger charge is -2.11. The second-order valence-corrected chi connectivity index (χ2v) is 10.3. The normalized spacial score (nSPS) is 10.9. The van der Waals surface area contributed by atoms with Gasteiger partial charge in [-0.3, -0.25) is 14.2 Å². The van der Waals surface area contributed by atoms with Gasteiger partial charge in [0, 0.05) is 5.69 Å². The molecule has 5 aromatic rings. The standard InChI is InChI=1S/C27H23FN6O3S2/c1-37-20-12-6-17(7-13-20)14-24(35)29-15-23-32-33-27(34(23)19-10-8-18(28)9-11-19)38-16-25(36)31-26-30-21-4-2-3-5-22(21)39-26/h2-13H,14-16H2,1H3,(H,29,35)(H,30,31,36). The van der Waals surface area contributed by atoms with Gasteiger partial charge in [0.2, 0.25) is 11.8 Å². The molecule has 2 amide bonds. The minimum Gasteiger partial charge on any atom is -0.497 e. The van der Waals surface area contributed by atoms with Crippen molar-refractivity contribution in [2.75, 3.05) is 18.2 Å². The van der Waals surface area contributed by atoms with Crippen LogP contribution in [0.15, 0.2) is 78.0 Å². The zero-order valence-electron chi connectivity index (χ0n) is 20.8. The van der Waals surface area contributed by atoms with E-state index < -0.39 is 0 Å². The van der Waals surface area contributed by atoms with E-state index in [4.69, 9.17) is 4.74 Å². The molecule has 0 unspecified atom stereocenters. The average Bonchev–Trinajstić information content (AvgIpc) is 3.55. The van der Waals surface area contributed by atoms with Crippen LogP contribution in [-0.2, 0) is 22.6 Å². The number of aromatic nitrogens is 4. The quantitative estimate of drug-likeness (QED) is 0.239. The van der Waals surface area contributed by atoms with Gasteiger partial charge in [-0.25, -0.2) is 9.37 Å². The number of thioether (sulfide) groups is 1. The highest BCUT2D eigenvalue weighted by molar-refractivity contribution is 7.99. The Kier molecular flexibility index (Phi) is 8.13. The molecule has 3 aromatic carbocycles. The van der Waals surface area contributed by atoms with Crippen LogP contribution < -0.4 is 15.4 Å². The van der Waals surface area contributed by atoms with Gasteiger partial charge in [0.1, 0.15) is 11.6 Å². The molecule has 0 saturated carbocycles. The Hall–Kier alpha value is -4.29. The van der Waals surface area contributed by atoms with E-state index >= 15 is 0 Å². The summed E-state index contributed by atoms with van der Waals surface area (Å²) >= 11 is 2.57. The summed E-state index contributed by atoms with van der Waals surface area (Å²) in [6.45, 7) is 0.0951. The summed E-state index contributed by atoms with van der Waals surface area (Å²) in [7, 11) is 1.58. The van der Waals surface area contributed by atoms with E-state index in [0.717, 1.165) is 15.8 Å². The second kappa shape index (κ2) is 12.0. The number of para-hydroxylation sites is 1. The fraction of sp³-hybridized carbons (Fsp3) is 0.148. The highest BCUT2D eigenvalue weighted by Crippen LogP contribution is 2.26. The lowest BCUT2D eigenvalue weighted by atomic mass is 10.1. The molecule has 0 aliphatic rings. The third-order valence-corrected chi connectivity index (χ3v) is 7.51. The molecule has 2 N–H and O–H groups in total. The van der Waals surface area contributed by atoms with Crippen LogP contribution in [-0.4, -0.2) is 44.4 Å². The van der Waals surface area contributed by atoms with Crippen LogP contribution in [0, 0.1) is 5.82 Å². The summed E-state index contributed by atoms with van der Waals surface area (Å²) in [6.07, 6.45) is 0.183. The molecule has 12 heteroatoms. The summed E-state index contributed by atoms with van der Waals surface area (Å²) in [5.74, 6) is 0.383. The maximum atomic E-state index is 13.6. The number of fused-ring (bicyclic) bond motifs is 1. The summed E-state index contributed by atoms with van der Waals surface area (Å²) in [6, 6.07) is 20.7. The number of hydrogen-bond donors (Lipinski definition) is 2. The van der Waals surface area contributed by atoms with E-state index in [-0.39, 0.29) is 36.4 Å². The maximum Gasteiger partial charge on any atom is 0.236 e. The number of benzene rings is 3. The maximum absolute atomic E-state index is 13.6. The number of rotatable bonds is 10. The number of carbonyl (C=O) groups excluding carboxylic acids is 2. The zero-order chi connectivity index (χ0) is 27.2. The van der Waals surface area contributed by atoms with Crippen molar-refractivity contribution in [3.8, 4) is 11.4 Å². The Balaban J connectivity index is 1.26. The summed E-state index contributed by atoms with van der Waals surface area (Å²) in [4.78, 5) is 29.7. The second-order valence-electron chi connectivity index (χ2n) is 8.34. The highest BCUT2D eigenvalue weighted by atomic mass is 32.2. The van der Waals surface area contributed by atoms with Gasteiger partial charge in [0.05, 0.1) is 36.0 Å². The largest absolute Gasteiger partial charge is 0.497 e. The Morgan fingerprint density at radius 1 is 1.00 bits per heavy atom. The molecule has 198 valence electrons. The Morgan fingerprint density at radius 2 is 1.77 bits per heavy atom. The Labute approximate surface area is 231 Å². The predicted molar refractivity (Wildman–Crippen MR) is 149 cm³/mol. The monoisotopic (exact) mass is 562 g/mol. The molecule has 0 saturated heterocycles. The predicted octanol–water partition coefficient (Wildman–Crippen LogP) is 4.61. The number of thiazole rings is 1. The molecule has 5 rings (SSSR count). The molecule has 0 radical (unpaired) electrons. The molecule has 39 heavy (non-hydrogen) atoms. The molecular weight excluding hydrogens is 539 g/mol. The SMILES string of the molecule is COc1ccc(CC(=O)NCc2nnc(SCC(=O)Nc3nc4ccccc4s3)n2-c2ccc(F)cc2)cc1. The lowest BCUT2D eigenvalue weighted by Crippen LogP contribution is -2.26. The molecule has 0 aliphatic carbocycles. The van der Waals surface area contributed by atoms with Crippen molar-refractivity contribution in [1.29, 1.82) is 0 Å². The number of halogens is 1. The number of anilines is 1. The molecule has 0 atom stereocenters. The van der Waals surface area contributed by atoms with Crippen LogP contribution in [0.4, 0.5) is 9.52 Å². The third-order valence-electron chi connectivity index (χ3n) is 5.63. The average molecular weight is 563 g/mol. The number of hydrogen-bond acceptors (Lipinski definition) is 8. The van der Waals surface area contributed by atoms with Crippen molar-refractivity contribution in [3.63, 3.8) is 0 Å². The smallest absolute Gasteiger partial charge is 0.236 e. The topological polar surface area (TPSA) is 111 Å². The first-order valence-electron chi connectivity index (χ1n) is 11.9. The van der Waals surface area contributed by atoms with E-state index in [1.807, 2.05) is 36.4 Å². The Bertz CT molecular complexity index is 1570. The van der Waals surface area contributed by atoms with Gasteiger partial charge in [0.25, 0.3) is 0 Å². The highest BCUT2D eigenvalue weighted by Gasteiger charge is 2.18. The molecular formula is C27H23FN6O3S2. The zero-order valence-corrected chi connectivity index (χ0v) is 22.4. The number of nitrogens with one attached hydrogen (secondary N) is 2. The summed E-state index contributed by atoms with van der Waals surface area (Å²) in [5.41, 5.74) is 2.26. The first-order chi connectivity index (χ1) is 19.0. The third kappa shape index (κ3) is 6.59. The molecule has 9 nitrogen and oxygen atoms in total. The van der Waals surface area contributed by atoms with Gasteiger partial charge in [-0.2, -0.15) is 0 Å². The molecule has 0 aliphatic heterocycles. The van der Waals surface area contributed by atoms with Gasteiger partial charge >= 0.3 is 0 Å². The van der Waals surface area contributed by atoms with Crippen molar-refractivity contribution in [2.45, 2.75) is 18.1 Å². The fourth-order valence-electron chi connectivity index (χ4n) is 3.74. The Morgan fingerprint density at radius 3 is 2.51 bits per heavy atom. The lowest BCUT2D eigenvalue weighted by molar-refractivity contribution is -0.120. The van der Waals surface area contributed by atoms with Gasteiger partial charge in [-0.1, -0.05) is 47.4 Å². The summed E-state index contributed by atoms with van der Waals surface area (Å²) < 4.78 is 21.4. The van der Waals surface area contributed by atoms with Gasteiger partial charge < -0.3 is 15.4 Å². The van der Waals surface area contributed by atoms with Gasteiger partial charge in [0.15, 0.2) is 16.1 Å². The van der Waals surface area contributed by atoms with Crippen molar-refractivity contribution >= 4 is 50.3 Å². The fourth-order valence-corrected chi connectivity index (χ4v) is 5.39. The number of nitrogens with zero attached hydrogens (tertiary/aromatic N) is 4. The first kappa shape index (κ1) is 26.3. The summed E-state index contributed by atoms with van der Waals surface area (Å²) in [5, 5.41) is 15.1. The van der Waals surface area contributed by atoms with Gasteiger partial charge in [-0.15, -0.1) is 10.2 Å². The van der Waals surface area contributed by atoms with Crippen LogP contribution >= 0.6 is 23.1 Å².